The van der Waals surface area contributed by atoms with E-state index in [0.29, 0.717) is 0 Å². The number of nitrogens with zero attached hydrogens (tertiary/aromatic N) is 4. The average Bonchev–Trinajstić information content (AvgIpc) is 3.05. The number of hydrogen-bond acceptors (Lipinski definition) is 4. The Morgan fingerprint density at radius 3 is 2.33 bits per heavy atom. The lowest BCUT2D eigenvalue weighted by molar-refractivity contribution is 0.313. The van der Waals surface area contributed by atoms with E-state index < -0.39 is 0 Å². The molecule has 1 aliphatic heterocycles. The van der Waals surface area contributed by atoms with Gasteiger partial charge in [-0.15, -0.1) is 0 Å². The highest BCUT2D eigenvalue weighted by Gasteiger charge is 2.17. The van der Waals surface area contributed by atoms with Crippen molar-refractivity contribution in [3.8, 4) is 16.9 Å². The summed E-state index contributed by atoms with van der Waals surface area (Å²) < 4.78 is 7.21. The fourth-order valence-electron chi connectivity index (χ4n) is 3.22. The molecule has 1 saturated heterocycles. The molecule has 5 nitrogen and oxygen atoms in total. The van der Waals surface area contributed by atoms with Crippen molar-refractivity contribution in [2.75, 3.05) is 45.2 Å². The SMILES string of the molecule is COc1ccc(-c2ccc3c(N4CCN(C)CC4)cnn3c2)cc1. The Bertz CT molecular complexity index is 832. The molecule has 1 fully saturated rings. The lowest BCUT2D eigenvalue weighted by Gasteiger charge is -2.33. The summed E-state index contributed by atoms with van der Waals surface area (Å²) in [6, 6.07) is 12.4. The van der Waals surface area contributed by atoms with E-state index in [2.05, 4.69) is 52.4 Å². The summed E-state index contributed by atoms with van der Waals surface area (Å²) in [5, 5.41) is 4.57. The van der Waals surface area contributed by atoms with Crippen molar-refractivity contribution in [3.63, 3.8) is 0 Å². The van der Waals surface area contributed by atoms with Gasteiger partial charge in [-0.3, -0.25) is 0 Å². The molecule has 0 atom stereocenters. The number of likely N-dealkylation sites (N-methyl/N-ethyl adjacent to an activating group) is 1. The second-order valence-electron chi connectivity index (χ2n) is 6.30. The summed E-state index contributed by atoms with van der Waals surface area (Å²) >= 11 is 0. The third-order valence-corrected chi connectivity index (χ3v) is 4.76. The number of aromatic nitrogens is 2. The maximum atomic E-state index is 5.23. The van der Waals surface area contributed by atoms with Gasteiger partial charge in [-0.25, -0.2) is 4.52 Å². The molecule has 0 unspecified atom stereocenters. The van der Waals surface area contributed by atoms with E-state index in [4.69, 9.17) is 4.74 Å². The second-order valence-corrected chi connectivity index (χ2v) is 6.30. The summed E-state index contributed by atoms with van der Waals surface area (Å²) in [7, 11) is 3.86. The zero-order valence-electron chi connectivity index (χ0n) is 14.1. The molecule has 24 heavy (non-hydrogen) atoms. The summed E-state index contributed by atoms with van der Waals surface area (Å²) in [5.41, 5.74) is 4.70. The van der Waals surface area contributed by atoms with Crippen molar-refractivity contribution in [2.24, 2.45) is 0 Å². The lowest BCUT2D eigenvalue weighted by Crippen LogP contribution is -2.44. The summed E-state index contributed by atoms with van der Waals surface area (Å²) in [5.74, 6) is 0.872. The average molecular weight is 322 g/mol. The smallest absolute Gasteiger partial charge is 0.118 e. The number of pyridine rings is 1. The molecule has 0 spiro atoms. The second kappa shape index (κ2) is 6.17. The Balaban J connectivity index is 1.64. The van der Waals surface area contributed by atoms with Crippen molar-refractivity contribution in [3.05, 3.63) is 48.8 Å². The number of methoxy groups -OCH3 is 1. The van der Waals surface area contributed by atoms with Gasteiger partial charge in [0.05, 0.1) is 24.5 Å². The summed E-state index contributed by atoms with van der Waals surface area (Å²) in [6.07, 6.45) is 4.08. The molecule has 0 saturated carbocycles. The predicted molar refractivity (Wildman–Crippen MR) is 96.9 cm³/mol. The van der Waals surface area contributed by atoms with Gasteiger partial charge in [0.2, 0.25) is 0 Å². The zero-order chi connectivity index (χ0) is 16.5. The predicted octanol–water partition coefficient (Wildman–Crippen LogP) is 2.76. The van der Waals surface area contributed by atoms with Crippen LogP contribution in [0.3, 0.4) is 0 Å². The summed E-state index contributed by atoms with van der Waals surface area (Å²) in [6.45, 7) is 4.30. The maximum Gasteiger partial charge on any atom is 0.118 e. The third-order valence-electron chi connectivity index (χ3n) is 4.76. The molecule has 1 aliphatic rings. The third kappa shape index (κ3) is 2.71. The molecule has 0 radical (unpaired) electrons. The monoisotopic (exact) mass is 322 g/mol. The van der Waals surface area contributed by atoms with E-state index in [1.807, 2.05) is 22.8 Å². The molecule has 0 amide bonds. The Morgan fingerprint density at radius 2 is 1.62 bits per heavy atom. The van der Waals surface area contributed by atoms with Gasteiger partial charge in [0.1, 0.15) is 5.75 Å². The normalized spacial score (nSPS) is 15.8. The van der Waals surface area contributed by atoms with Crippen LogP contribution in [0.2, 0.25) is 0 Å². The molecule has 3 aromatic rings. The Morgan fingerprint density at radius 1 is 0.917 bits per heavy atom. The lowest BCUT2D eigenvalue weighted by atomic mass is 10.1. The van der Waals surface area contributed by atoms with Crippen LogP contribution in [-0.2, 0) is 0 Å². The molecule has 0 N–H and O–H groups in total. The number of piperazine rings is 1. The highest BCUT2D eigenvalue weighted by molar-refractivity contribution is 5.75. The van der Waals surface area contributed by atoms with Gasteiger partial charge in [0.25, 0.3) is 0 Å². The number of rotatable bonds is 3. The van der Waals surface area contributed by atoms with Gasteiger partial charge in [0, 0.05) is 37.9 Å². The molecule has 2 aromatic heterocycles. The first-order chi connectivity index (χ1) is 11.7. The Labute approximate surface area is 142 Å². The quantitative estimate of drug-likeness (QED) is 0.742. The molecular weight excluding hydrogens is 300 g/mol. The summed E-state index contributed by atoms with van der Waals surface area (Å²) in [4.78, 5) is 4.79. The van der Waals surface area contributed by atoms with Gasteiger partial charge < -0.3 is 14.5 Å². The molecule has 3 heterocycles. The Kier molecular flexibility index (Phi) is 3.86. The van der Waals surface area contributed by atoms with Crippen molar-refractivity contribution >= 4 is 11.2 Å². The van der Waals surface area contributed by atoms with Crippen molar-refractivity contribution in [2.45, 2.75) is 0 Å². The highest BCUT2D eigenvalue weighted by atomic mass is 16.5. The van der Waals surface area contributed by atoms with Crippen LogP contribution in [0.25, 0.3) is 16.6 Å². The van der Waals surface area contributed by atoms with Crippen LogP contribution in [0, 0.1) is 0 Å². The first-order valence-electron chi connectivity index (χ1n) is 8.30. The maximum absolute atomic E-state index is 5.23. The van der Waals surface area contributed by atoms with Gasteiger partial charge >= 0.3 is 0 Å². The topological polar surface area (TPSA) is 33.0 Å². The number of ether oxygens (including phenoxy) is 1. The van der Waals surface area contributed by atoms with Crippen molar-refractivity contribution in [1.82, 2.24) is 14.5 Å². The first-order valence-corrected chi connectivity index (χ1v) is 8.30. The van der Waals surface area contributed by atoms with E-state index in [1.54, 1.807) is 7.11 Å². The molecule has 1 aromatic carbocycles. The molecule has 4 rings (SSSR count). The van der Waals surface area contributed by atoms with Crippen LogP contribution >= 0.6 is 0 Å². The van der Waals surface area contributed by atoms with E-state index in [0.717, 1.165) is 48.6 Å². The number of anilines is 1. The molecule has 0 aliphatic carbocycles. The minimum Gasteiger partial charge on any atom is -0.497 e. The van der Waals surface area contributed by atoms with Gasteiger partial charge in [-0.2, -0.15) is 5.10 Å². The van der Waals surface area contributed by atoms with Crippen molar-refractivity contribution in [1.29, 1.82) is 0 Å². The number of benzene rings is 1. The van der Waals surface area contributed by atoms with Gasteiger partial charge in [-0.1, -0.05) is 18.2 Å². The fraction of sp³-hybridized carbons (Fsp3) is 0.316. The van der Waals surface area contributed by atoms with E-state index in [-0.39, 0.29) is 0 Å². The van der Waals surface area contributed by atoms with Crippen LogP contribution in [0.4, 0.5) is 5.69 Å². The van der Waals surface area contributed by atoms with E-state index in [9.17, 15) is 0 Å². The molecule has 5 heteroatoms. The number of fused-ring (bicyclic) bond motifs is 1. The zero-order valence-corrected chi connectivity index (χ0v) is 14.1. The van der Waals surface area contributed by atoms with Gasteiger partial charge in [-0.05, 0) is 30.8 Å². The van der Waals surface area contributed by atoms with Crippen LogP contribution in [-0.4, -0.2) is 54.9 Å². The van der Waals surface area contributed by atoms with Crippen LogP contribution in [0.15, 0.2) is 48.8 Å². The molecule has 124 valence electrons. The fourth-order valence-corrected chi connectivity index (χ4v) is 3.22. The molecular formula is C19H22N4O. The van der Waals surface area contributed by atoms with E-state index in [1.165, 1.54) is 5.69 Å². The number of hydrogen-bond donors (Lipinski definition) is 0. The first kappa shape index (κ1) is 15.0. The van der Waals surface area contributed by atoms with Crippen LogP contribution in [0.1, 0.15) is 0 Å². The highest BCUT2D eigenvalue weighted by Crippen LogP contribution is 2.27. The van der Waals surface area contributed by atoms with E-state index >= 15 is 0 Å². The largest absolute Gasteiger partial charge is 0.497 e. The van der Waals surface area contributed by atoms with Crippen LogP contribution < -0.4 is 9.64 Å². The molecule has 0 bridgehead atoms. The van der Waals surface area contributed by atoms with Crippen LogP contribution in [0.5, 0.6) is 5.75 Å². The van der Waals surface area contributed by atoms with Gasteiger partial charge in [0.15, 0.2) is 0 Å². The Hall–Kier alpha value is -2.53. The van der Waals surface area contributed by atoms with Crippen molar-refractivity contribution < 1.29 is 4.74 Å². The minimum absolute atomic E-state index is 0.872. The standard InChI is InChI=1S/C19H22N4O/c1-21-9-11-22(12-10-21)19-13-20-23-14-16(5-8-18(19)23)15-3-6-17(24-2)7-4-15/h3-8,13-14H,9-12H2,1-2H3. The minimum atomic E-state index is 0.872.